The topological polar surface area (TPSA) is 86.4 Å². The zero-order chi connectivity index (χ0) is 14.6. The summed E-state index contributed by atoms with van der Waals surface area (Å²) in [5.41, 5.74) is -1.40. The summed E-state index contributed by atoms with van der Waals surface area (Å²) < 4.78 is 42.3. The maximum atomic E-state index is 12.5. The van der Waals surface area contributed by atoms with Gasteiger partial charge in [0.1, 0.15) is 6.10 Å². The summed E-state index contributed by atoms with van der Waals surface area (Å²) in [5, 5.41) is 27.6. The predicted molar refractivity (Wildman–Crippen MR) is 57.0 cm³/mol. The maximum Gasteiger partial charge on any atom is 0.417 e. The fourth-order valence-electron chi connectivity index (χ4n) is 1.42. The van der Waals surface area contributed by atoms with Gasteiger partial charge < -0.3 is 14.9 Å². The van der Waals surface area contributed by atoms with Crippen LogP contribution in [0.2, 0.25) is 0 Å². The van der Waals surface area contributed by atoms with E-state index < -0.39 is 30.4 Å². The monoisotopic (exact) mass is 276 g/mol. The first kappa shape index (κ1) is 15.2. The zero-order valence-electron chi connectivity index (χ0n) is 9.85. The summed E-state index contributed by atoms with van der Waals surface area (Å²) in [6.07, 6.45) is -7.71. The number of alkyl halides is 3. The number of nitriles is 1. The van der Waals surface area contributed by atoms with Crippen LogP contribution in [0.3, 0.4) is 0 Å². The number of aliphatic hydroxyl groups excluding tert-OH is 2. The van der Waals surface area contributed by atoms with Gasteiger partial charge in [0.05, 0.1) is 31.3 Å². The van der Waals surface area contributed by atoms with Gasteiger partial charge in [-0.3, -0.25) is 0 Å². The van der Waals surface area contributed by atoms with Crippen molar-refractivity contribution in [1.82, 2.24) is 4.98 Å². The number of halogens is 3. The second-order valence-corrected chi connectivity index (χ2v) is 3.69. The minimum Gasteiger partial charge on any atom is -0.481 e. The van der Waals surface area contributed by atoms with Gasteiger partial charge in [-0.05, 0) is 6.07 Å². The van der Waals surface area contributed by atoms with Crippen LogP contribution in [0.1, 0.15) is 23.7 Å². The summed E-state index contributed by atoms with van der Waals surface area (Å²) in [6, 6.07) is 2.24. The lowest BCUT2D eigenvalue weighted by molar-refractivity contribution is -0.138. The molecule has 1 heterocycles. The highest BCUT2D eigenvalue weighted by Crippen LogP contribution is 2.34. The number of rotatable bonds is 4. The first-order chi connectivity index (χ1) is 8.81. The molecule has 0 radical (unpaired) electrons. The Labute approximate surface area is 106 Å². The summed E-state index contributed by atoms with van der Waals surface area (Å²) in [7, 11) is 1.17. The predicted octanol–water partition coefficient (Wildman–Crippen LogP) is 1.42. The Morgan fingerprint density at radius 2 is 2.11 bits per heavy atom. The minimum atomic E-state index is -4.63. The van der Waals surface area contributed by atoms with Gasteiger partial charge in [-0.25, -0.2) is 4.98 Å². The highest BCUT2D eigenvalue weighted by molar-refractivity contribution is 5.33. The van der Waals surface area contributed by atoms with E-state index >= 15 is 0 Å². The van der Waals surface area contributed by atoms with E-state index in [4.69, 9.17) is 10.00 Å². The lowest BCUT2D eigenvalue weighted by Crippen LogP contribution is -2.19. The molecule has 104 valence electrons. The van der Waals surface area contributed by atoms with Gasteiger partial charge in [-0.2, -0.15) is 18.4 Å². The van der Waals surface area contributed by atoms with Crippen molar-refractivity contribution < 1.29 is 28.1 Å². The Kier molecular flexibility index (Phi) is 4.69. The molecule has 0 amide bonds. The maximum absolute atomic E-state index is 12.5. The molecule has 0 aliphatic rings. The summed E-state index contributed by atoms with van der Waals surface area (Å²) in [5.74, 6) is -0.238. The zero-order valence-corrected chi connectivity index (χ0v) is 9.85. The van der Waals surface area contributed by atoms with E-state index in [9.17, 15) is 23.4 Å². The van der Waals surface area contributed by atoms with E-state index in [0.29, 0.717) is 12.3 Å². The molecule has 0 bridgehead atoms. The number of hydrogen-bond acceptors (Lipinski definition) is 5. The molecule has 0 aromatic carbocycles. The number of pyridine rings is 1. The lowest BCUT2D eigenvalue weighted by Gasteiger charge is -2.19. The number of aromatic nitrogens is 1. The summed E-state index contributed by atoms with van der Waals surface area (Å²) in [4.78, 5) is 3.43. The van der Waals surface area contributed by atoms with Crippen LogP contribution in [0.5, 0.6) is 5.88 Å². The van der Waals surface area contributed by atoms with E-state index in [1.54, 1.807) is 6.07 Å². The van der Waals surface area contributed by atoms with E-state index in [1.165, 1.54) is 7.11 Å². The average Bonchev–Trinajstić information content (AvgIpc) is 2.36. The number of ether oxygens (including phenoxy) is 1. The molecule has 1 aromatic heterocycles. The van der Waals surface area contributed by atoms with Crippen LogP contribution in [0.15, 0.2) is 12.3 Å². The van der Waals surface area contributed by atoms with Gasteiger partial charge in [-0.15, -0.1) is 0 Å². The highest BCUT2D eigenvalue weighted by Gasteiger charge is 2.33. The highest BCUT2D eigenvalue weighted by atomic mass is 19.4. The van der Waals surface area contributed by atoms with Crippen LogP contribution in [0, 0.1) is 11.3 Å². The van der Waals surface area contributed by atoms with Crippen LogP contribution in [0.4, 0.5) is 13.2 Å². The number of nitrogens with zero attached hydrogens (tertiary/aromatic N) is 2. The van der Waals surface area contributed by atoms with Crippen molar-refractivity contribution in [2.45, 2.75) is 24.8 Å². The van der Waals surface area contributed by atoms with Crippen molar-refractivity contribution in [3.05, 3.63) is 23.4 Å². The molecule has 0 aliphatic heterocycles. The number of methoxy groups -OCH3 is 1. The fourth-order valence-corrected chi connectivity index (χ4v) is 1.42. The van der Waals surface area contributed by atoms with Crippen LogP contribution in [0.25, 0.3) is 0 Å². The molecule has 0 aliphatic carbocycles. The van der Waals surface area contributed by atoms with Gasteiger partial charge in [0.15, 0.2) is 0 Å². The number of aliphatic hydroxyl groups is 2. The second kappa shape index (κ2) is 5.86. The van der Waals surface area contributed by atoms with Crippen molar-refractivity contribution >= 4 is 0 Å². The quantitative estimate of drug-likeness (QED) is 0.868. The molecule has 0 saturated carbocycles. The molecule has 8 heteroatoms. The van der Waals surface area contributed by atoms with Crippen molar-refractivity contribution in [1.29, 1.82) is 5.26 Å². The third-order valence-corrected chi connectivity index (χ3v) is 2.38. The second-order valence-electron chi connectivity index (χ2n) is 3.69. The Balaban J connectivity index is 3.20. The Morgan fingerprint density at radius 1 is 1.47 bits per heavy atom. The van der Waals surface area contributed by atoms with Gasteiger partial charge in [0.2, 0.25) is 5.88 Å². The van der Waals surface area contributed by atoms with Crippen LogP contribution >= 0.6 is 0 Å². The largest absolute Gasteiger partial charge is 0.481 e. The van der Waals surface area contributed by atoms with Gasteiger partial charge in [0, 0.05) is 11.8 Å². The van der Waals surface area contributed by atoms with Crippen LogP contribution in [-0.2, 0) is 6.18 Å². The number of hydrogen-bond donors (Lipinski definition) is 2. The normalized spacial score (nSPS) is 14.6. The minimum absolute atomic E-state index is 0.238. The molecule has 1 aromatic rings. The van der Waals surface area contributed by atoms with Crippen molar-refractivity contribution in [2.75, 3.05) is 7.11 Å². The fraction of sp³-hybridized carbons (Fsp3) is 0.455. The molecule has 2 atom stereocenters. The van der Waals surface area contributed by atoms with E-state index in [1.807, 2.05) is 0 Å². The van der Waals surface area contributed by atoms with E-state index in [2.05, 4.69) is 4.98 Å². The first-order valence-corrected chi connectivity index (χ1v) is 5.15. The van der Waals surface area contributed by atoms with E-state index in [0.717, 1.165) is 0 Å². The van der Waals surface area contributed by atoms with Gasteiger partial charge in [-0.1, -0.05) is 0 Å². The SMILES string of the molecule is COc1ncc(C(F)(F)F)cc1C(O)C(O)CC#N. The molecule has 0 spiro atoms. The molecule has 5 nitrogen and oxygen atoms in total. The summed E-state index contributed by atoms with van der Waals surface area (Å²) in [6.45, 7) is 0. The van der Waals surface area contributed by atoms with Gasteiger partial charge in [0.25, 0.3) is 0 Å². The Bertz CT molecular complexity index is 485. The Morgan fingerprint density at radius 3 is 2.58 bits per heavy atom. The standard InChI is InChI=1S/C11H11F3N2O3/c1-19-10-7(9(18)8(17)2-3-15)4-6(5-16-10)11(12,13)14/h4-5,8-9,17-18H,2H2,1H3. The van der Waals surface area contributed by atoms with Crippen molar-refractivity contribution in [3.63, 3.8) is 0 Å². The Hall–Kier alpha value is -1.85. The van der Waals surface area contributed by atoms with Gasteiger partial charge >= 0.3 is 6.18 Å². The van der Waals surface area contributed by atoms with Crippen LogP contribution in [-0.4, -0.2) is 28.4 Å². The molecule has 0 saturated heterocycles. The van der Waals surface area contributed by atoms with E-state index in [-0.39, 0.29) is 11.4 Å². The molecule has 2 unspecified atom stereocenters. The third-order valence-electron chi connectivity index (χ3n) is 2.38. The summed E-state index contributed by atoms with van der Waals surface area (Å²) >= 11 is 0. The smallest absolute Gasteiger partial charge is 0.417 e. The van der Waals surface area contributed by atoms with Crippen molar-refractivity contribution in [3.8, 4) is 11.9 Å². The molecular weight excluding hydrogens is 265 g/mol. The molecule has 0 fully saturated rings. The molecule has 1 rings (SSSR count). The first-order valence-electron chi connectivity index (χ1n) is 5.15. The van der Waals surface area contributed by atoms with Crippen LogP contribution < -0.4 is 4.74 Å². The van der Waals surface area contributed by atoms with Crippen molar-refractivity contribution in [2.24, 2.45) is 0 Å². The molecular formula is C11H11F3N2O3. The average molecular weight is 276 g/mol. The molecule has 2 N–H and O–H groups in total. The lowest BCUT2D eigenvalue weighted by atomic mass is 10.0. The molecule has 19 heavy (non-hydrogen) atoms. The third kappa shape index (κ3) is 3.56.